The first kappa shape index (κ1) is 13.5. The van der Waals surface area contributed by atoms with Gasteiger partial charge in [0.05, 0.1) is 0 Å². The molecule has 1 unspecified atom stereocenters. The molecule has 2 rings (SSSR count). The van der Waals surface area contributed by atoms with Crippen molar-refractivity contribution in [3.63, 3.8) is 0 Å². The molecule has 0 saturated heterocycles. The minimum atomic E-state index is -0.217. The fourth-order valence-electron chi connectivity index (χ4n) is 1.88. The van der Waals surface area contributed by atoms with Crippen LogP contribution in [0, 0.1) is 5.82 Å². The van der Waals surface area contributed by atoms with Gasteiger partial charge in [-0.2, -0.15) is 0 Å². The Labute approximate surface area is 112 Å². The van der Waals surface area contributed by atoms with Crippen molar-refractivity contribution in [3.05, 3.63) is 59.5 Å². The Kier molecular flexibility index (Phi) is 4.12. The van der Waals surface area contributed by atoms with Crippen molar-refractivity contribution in [3.8, 4) is 0 Å². The molecular formula is C15H18FN3. The van der Waals surface area contributed by atoms with Gasteiger partial charge in [-0.1, -0.05) is 18.2 Å². The topological polar surface area (TPSA) is 42.1 Å². The summed E-state index contributed by atoms with van der Waals surface area (Å²) in [5.41, 5.74) is 7.70. The summed E-state index contributed by atoms with van der Waals surface area (Å²) in [5.74, 6) is 0.625. The molecule has 2 aromatic rings. The second kappa shape index (κ2) is 5.80. The number of nitrogens with zero attached hydrogens (tertiary/aromatic N) is 2. The SMILES string of the molecule is CC(N)c1ccc(N(C)Cc2cccc(F)c2)nc1. The van der Waals surface area contributed by atoms with E-state index in [1.54, 1.807) is 12.3 Å². The number of hydrogen-bond donors (Lipinski definition) is 1. The summed E-state index contributed by atoms with van der Waals surface area (Å²) < 4.78 is 13.1. The first-order valence-corrected chi connectivity index (χ1v) is 6.23. The lowest BCUT2D eigenvalue weighted by Crippen LogP contribution is -2.18. The average Bonchev–Trinajstić information content (AvgIpc) is 2.39. The lowest BCUT2D eigenvalue weighted by molar-refractivity contribution is 0.625. The largest absolute Gasteiger partial charge is 0.355 e. The van der Waals surface area contributed by atoms with Crippen molar-refractivity contribution in [2.45, 2.75) is 19.5 Å². The summed E-state index contributed by atoms with van der Waals surface area (Å²) >= 11 is 0. The highest BCUT2D eigenvalue weighted by molar-refractivity contribution is 5.40. The molecule has 1 heterocycles. The molecule has 100 valence electrons. The van der Waals surface area contributed by atoms with Gasteiger partial charge in [0, 0.05) is 25.8 Å². The summed E-state index contributed by atoms with van der Waals surface area (Å²) in [6.45, 7) is 2.54. The standard InChI is InChI=1S/C15H18FN3/c1-11(17)13-6-7-15(18-9-13)19(2)10-12-4-3-5-14(16)8-12/h3-9,11H,10,17H2,1-2H3. The predicted octanol–water partition coefficient (Wildman–Crippen LogP) is 2.88. The summed E-state index contributed by atoms with van der Waals surface area (Å²) in [5, 5.41) is 0. The van der Waals surface area contributed by atoms with Crippen LogP contribution in [0.3, 0.4) is 0 Å². The molecule has 2 N–H and O–H groups in total. The van der Waals surface area contributed by atoms with Crippen LogP contribution in [0.5, 0.6) is 0 Å². The molecule has 0 aliphatic carbocycles. The van der Waals surface area contributed by atoms with Crippen molar-refractivity contribution < 1.29 is 4.39 Å². The number of benzene rings is 1. The molecule has 0 radical (unpaired) electrons. The Morgan fingerprint density at radius 2 is 2.11 bits per heavy atom. The van der Waals surface area contributed by atoms with Crippen LogP contribution in [-0.4, -0.2) is 12.0 Å². The van der Waals surface area contributed by atoms with Crippen molar-refractivity contribution >= 4 is 5.82 Å². The monoisotopic (exact) mass is 259 g/mol. The van der Waals surface area contributed by atoms with Crippen LogP contribution in [-0.2, 0) is 6.54 Å². The van der Waals surface area contributed by atoms with E-state index in [0.29, 0.717) is 6.54 Å². The Morgan fingerprint density at radius 1 is 1.32 bits per heavy atom. The van der Waals surface area contributed by atoms with E-state index in [0.717, 1.165) is 16.9 Å². The summed E-state index contributed by atoms with van der Waals surface area (Å²) in [6.07, 6.45) is 1.78. The Bertz CT molecular complexity index is 537. The van der Waals surface area contributed by atoms with Gasteiger partial charge in [0.25, 0.3) is 0 Å². The maximum absolute atomic E-state index is 13.1. The number of anilines is 1. The van der Waals surface area contributed by atoms with Gasteiger partial charge in [-0.15, -0.1) is 0 Å². The van der Waals surface area contributed by atoms with Gasteiger partial charge in [-0.3, -0.25) is 0 Å². The maximum Gasteiger partial charge on any atom is 0.128 e. The van der Waals surface area contributed by atoms with Crippen molar-refractivity contribution in [2.24, 2.45) is 5.73 Å². The fourth-order valence-corrected chi connectivity index (χ4v) is 1.88. The molecule has 0 fully saturated rings. The number of rotatable bonds is 4. The molecule has 3 nitrogen and oxygen atoms in total. The molecular weight excluding hydrogens is 241 g/mol. The van der Waals surface area contributed by atoms with E-state index in [-0.39, 0.29) is 11.9 Å². The van der Waals surface area contributed by atoms with Crippen molar-refractivity contribution in [2.75, 3.05) is 11.9 Å². The molecule has 1 aromatic heterocycles. The van der Waals surface area contributed by atoms with Gasteiger partial charge in [0.2, 0.25) is 0 Å². The van der Waals surface area contributed by atoms with Gasteiger partial charge in [0.15, 0.2) is 0 Å². The number of halogens is 1. The summed E-state index contributed by atoms with van der Waals surface area (Å²) in [7, 11) is 1.93. The van der Waals surface area contributed by atoms with Gasteiger partial charge in [-0.25, -0.2) is 9.37 Å². The number of nitrogens with two attached hydrogens (primary N) is 1. The average molecular weight is 259 g/mol. The molecule has 4 heteroatoms. The molecule has 1 aromatic carbocycles. The van der Waals surface area contributed by atoms with Crippen LogP contribution in [0.15, 0.2) is 42.6 Å². The zero-order valence-corrected chi connectivity index (χ0v) is 11.2. The molecule has 0 aliphatic rings. The second-order valence-corrected chi connectivity index (χ2v) is 4.72. The number of hydrogen-bond acceptors (Lipinski definition) is 3. The van der Waals surface area contributed by atoms with E-state index in [9.17, 15) is 4.39 Å². The van der Waals surface area contributed by atoms with E-state index in [2.05, 4.69) is 4.98 Å². The highest BCUT2D eigenvalue weighted by Crippen LogP contribution is 2.16. The number of pyridine rings is 1. The quantitative estimate of drug-likeness (QED) is 0.918. The highest BCUT2D eigenvalue weighted by Gasteiger charge is 2.05. The maximum atomic E-state index is 13.1. The smallest absolute Gasteiger partial charge is 0.128 e. The molecule has 0 amide bonds. The van der Waals surface area contributed by atoms with Gasteiger partial charge in [-0.05, 0) is 36.2 Å². The van der Waals surface area contributed by atoms with E-state index in [1.165, 1.54) is 12.1 Å². The van der Waals surface area contributed by atoms with Crippen LogP contribution in [0.2, 0.25) is 0 Å². The van der Waals surface area contributed by atoms with Crippen molar-refractivity contribution in [1.29, 1.82) is 0 Å². The molecule has 0 aliphatic heterocycles. The zero-order chi connectivity index (χ0) is 13.8. The Hall–Kier alpha value is -1.94. The van der Waals surface area contributed by atoms with Crippen LogP contribution in [0.1, 0.15) is 24.1 Å². The molecule has 0 saturated carbocycles. The van der Waals surface area contributed by atoms with Crippen LogP contribution in [0.4, 0.5) is 10.2 Å². The molecule has 19 heavy (non-hydrogen) atoms. The third-order valence-electron chi connectivity index (χ3n) is 3.00. The van der Waals surface area contributed by atoms with E-state index in [4.69, 9.17) is 5.73 Å². The lowest BCUT2D eigenvalue weighted by Gasteiger charge is -2.19. The second-order valence-electron chi connectivity index (χ2n) is 4.72. The van der Waals surface area contributed by atoms with Crippen LogP contribution >= 0.6 is 0 Å². The third kappa shape index (κ3) is 3.51. The summed E-state index contributed by atoms with van der Waals surface area (Å²) in [4.78, 5) is 6.34. The Balaban J connectivity index is 2.09. The van der Waals surface area contributed by atoms with Crippen molar-refractivity contribution in [1.82, 2.24) is 4.98 Å². The zero-order valence-electron chi connectivity index (χ0n) is 11.2. The van der Waals surface area contributed by atoms with Gasteiger partial charge < -0.3 is 10.6 Å². The summed E-state index contributed by atoms with van der Waals surface area (Å²) in [6, 6.07) is 10.5. The minimum absolute atomic E-state index is 0.0184. The molecule has 0 spiro atoms. The van der Waals surface area contributed by atoms with Crippen LogP contribution in [0.25, 0.3) is 0 Å². The fraction of sp³-hybridized carbons (Fsp3) is 0.267. The molecule has 0 bridgehead atoms. The van der Waals surface area contributed by atoms with Gasteiger partial charge >= 0.3 is 0 Å². The highest BCUT2D eigenvalue weighted by atomic mass is 19.1. The van der Waals surface area contributed by atoms with Crippen LogP contribution < -0.4 is 10.6 Å². The minimum Gasteiger partial charge on any atom is -0.355 e. The third-order valence-corrected chi connectivity index (χ3v) is 3.00. The first-order valence-electron chi connectivity index (χ1n) is 6.23. The lowest BCUT2D eigenvalue weighted by atomic mass is 10.1. The predicted molar refractivity (Wildman–Crippen MR) is 75.3 cm³/mol. The van der Waals surface area contributed by atoms with E-state index in [1.807, 2.05) is 37.1 Å². The molecule has 1 atom stereocenters. The van der Waals surface area contributed by atoms with E-state index < -0.39 is 0 Å². The van der Waals surface area contributed by atoms with Gasteiger partial charge in [0.1, 0.15) is 11.6 Å². The first-order chi connectivity index (χ1) is 9.06. The normalized spacial score (nSPS) is 12.2. The number of aromatic nitrogens is 1. The Morgan fingerprint density at radius 3 is 2.68 bits per heavy atom. The van der Waals surface area contributed by atoms with E-state index >= 15 is 0 Å².